The van der Waals surface area contributed by atoms with Crippen LogP contribution in [-0.4, -0.2) is 11.6 Å². The van der Waals surface area contributed by atoms with E-state index in [-0.39, 0.29) is 17.4 Å². The van der Waals surface area contributed by atoms with Crippen molar-refractivity contribution in [2.24, 2.45) is 5.92 Å². The van der Waals surface area contributed by atoms with Crippen LogP contribution in [0.15, 0.2) is 18.2 Å². The van der Waals surface area contributed by atoms with Gasteiger partial charge < -0.3 is 4.74 Å². The molecular formula is C13H15FO2. The molecule has 2 rings (SSSR count). The fourth-order valence-electron chi connectivity index (χ4n) is 1.73. The molecule has 0 heterocycles. The number of rotatable bonds is 2. The highest BCUT2D eigenvalue weighted by Gasteiger charge is 2.50. The Bertz CT molecular complexity index is 442. The number of esters is 1. The summed E-state index contributed by atoms with van der Waals surface area (Å²) in [5, 5.41) is 0. The van der Waals surface area contributed by atoms with E-state index in [1.165, 1.54) is 18.2 Å². The maximum atomic E-state index is 13.0. The molecule has 86 valence electrons. The normalized spacial score (nSPS) is 27.6. The first-order valence-corrected chi connectivity index (χ1v) is 5.42. The van der Waals surface area contributed by atoms with Gasteiger partial charge in [-0.3, -0.25) is 0 Å². The molecule has 2 nitrogen and oxygen atoms in total. The summed E-state index contributed by atoms with van der Waals surface area (Å²) in [7, 11) is 0. The third-order valence-corrected chi connectivity index (χ3v) is 3.31. The molecule has 0 aliphatic heterocycles. The molecule has 1 fully saturated rings. The number of carbonyl (C=O) groups excluding carboxylic acids is 1. The zero-order valence-electron chi connectivity index (χ0n) is 9.71. The van der Waals surface area contributed by atoms with E-state index in [1.54, 1.807) is 6.92 Å². The van der Waals surface area contributed by atoms with Crippen LogP contribution in [-0.2, 0) is 4.74 Å². The molecule has 1 saturated carbocycles. The Morgan fingerprint density at radius 3 is 2.69 bits per heavy atom. The number of benzene rings is 1. The maximum absolute atomic E-state index is 13.0. The highest BCUT2D eigenvalue weighted by Crippen LogP contribution is 2.46. The van der Waals surface area contributed by atoms with Gasteiger partial charge in [0.05, 0.1) is 5.56 Å². The lowest BCUT2D eigenvalue weighted by molar-refractivity contribution is 0.0238. The summed E-state index contributed by atoms with van der Waals surface area (Å²) in [6.45, 7) is 5.60. The van der Waals surface area contributed by atoms with E-state index in [9.17, 15) is 9.18 Å². The van der Waals surface area contributed by atoms with Crippen molar-refractivity contribution in [3.63, 3.8) is 0 Å². The van der Waals surface area contributed by atoms with Gasteiger partial charge in [-0.05, 0) is 49.9 Å². The predicted molar refractivity (Wildman–Crippen MR) is 58.7 cm³/mol. The summed E-state index contributed by atoms with van der Waals surface area (Å²) < 4.78 is 18.4. The van der Waals surface area contributed by atoms with Crippen LogP contribution in [0.4, 0.5) is 4.39 Å². The Hall–Kier alpha value is -1.38. The van der Waals surface area contributed by atoms with Gasteiger partial charge in [0.2, 0.25) is 0 Å². The fourth-order valence-corrected chi connectivity index (χ4v) is 1.73. The van der Waals surface area contributed by atoms with Gasteiger partial charge in [0.1, 0.15) is 11.4 Å². The van der Waals surface area contributed by atoms with Crippen molar-refractivity contribution in [2.75, 3.05) is 0 Å². The van der Waals surface area contributed by atoms with Crippen molar-refractivity contribution < 1.29 is 13.9 Å². The Morgan fingerprint density at radius 1 is 1.56 bits per heavy atom. The molecular weight excluding hydrogens is 207 g/mol. The van der Waals surface area contributed by atoms with Crippen LogP contribution in [0.1, 0.15) is 36.2 Å². The Balaban J connectivity index is 2.12. The van der Waals surface area contributed by atoms with Crippen molar-refractivity contribution in [3.8, 4) is 0 Å². The van der Waals surface area contributed by atoms with Crippen LogP contribution < -0.4 is 0 Å². The first-order chi connectivity index (χ1) is 7.42. The molecule has 0 radical (unpaired) electrons. The van der Waals surface area contributed by atoms with Gasteiger partial charge in [-0.25, -0.2) is 9.18 Å². The summed E-state index contributed by atoms with van der Waals surface area (Å²) >= 11 is 0. The molecule has 16 heavy (non-hydrogen) atoms. The number of aryl methyl sites for hydroxylation is 1. The molecule has 0 amide bonds. The highest BCUT2D eigenvalue weighted by molar-refractivity contribution is 5.90. The van der Waals surface area contributed by atoms with E-state index < -0.39 is 0 Å². The fraction of sp³-hybridized carbons (Fsp3) is 0.462. The molecule has 2 atom stereocenters. The van der Waals surface area contributed by atoms with Crippen LogP contribution >= 0.6 is 0 Å². The Labute approximate surface area is 94.4 Å². The van der Waals surface area contributed by atoms with E-state index in [0.717, 1.165) is 6.42 Å². The molecule has 0 unspecified atom stereocenters. The minimum absolute atomic E-state index is 0.303. The van der Waals surface area contributed by atoms with Crippen LogP contribution in [0.3, 0.4) is 0 Å². The van der Waals surface area contributed by atoms with Crippen LogP contribution in [0.25, 0.3) is 0 Å². The molecule has 0 N–H and O–H groups in total. The van der Waals surface area contributed by atoms with Gasteiger partial charge in [0.25, 0.3) is 0 Å². The summed E-state index contributed by atoms with van der Waals surface area (Å²) in [6, 6.07) is 4.28. The second-order valence-electron chi connectivity index (χ2n) is 4.77. The van der Waals surface area contributed by atoms with Crippen LogP contribution in [0.5, 0.6) is 0 Å². The molecule has 0 aromatic heterocycles. The monoisotopic (exact) mass is 222 g/mol. The third-order valence-electron chi connectivity index (χ3n) is 3.31. The topological polar surface area (TPSA) is 26.3 Å². The predicted octanol–water partition coefficient (Wildman–Crippen LogP) is 3.09. The van der Waals surface area contributed by atoms with E-state index in [4.69, 9.17) is 4.74 Å². The molecule has 0 spiro atoms. The third kappa shape index (κ3) is 1.94. The Morgan fingerprint density at radius 2 is 2.19 bits per heavy atom. The van der Waals surface area contributed by atoms with Gasteiger partial charge >= 0.3 is 5.97 Å². The number of hydrogen-bond acceptors (Lipinski definition) is 2. The summed E-state index contributed by atoms with van der Waals surface area (Å²) in [5.41, 5.74) is 0.557. The largest absolute Gasteiger partial charge is 0.455 e. The zero-order chi connectivity index (χ0) is 11.9. The number of hydrogen-bond donors (Lipinski definition) is 0. The van der Waals surface area contributed by atoms with Gasteiger partial charge in [-0.15, -0.1) is 0 Å². The van der Waals surface area contributed by atoms with Crippen molar-refractivity contribution >= 4 is 5.97 Å². The van der Waals surface area contributed by atoms with Crippen LogP contribution in [0, 0.1) is 18.7 Å². The average molecular weight is 222 g/mol. The average Bonchev–Trinajstić information content (AvgIpc) is 2.78. The van der Waals surface area contributed by atoms with Crippen LogP contribution in [0.2, 0.25) is 0 Å². The molecule has 0 bridgehead atoms. The highest BCUT2D eigenvalue weighted by atomic mass is 19.1. The van der Waals surface area contributed by atoms with Gasteiger partial charge in [0, 0.05) is 0 Å². The lowest BCUT2D eigenvalue weighted by Crippen LogP contribution is -2.18. The Kier molecular flexibility index (Phi) is 2.49. The second-order valence-corrected chi connectivity index (χ2v) is 4.77. The summed E-state index contributed by atoms with van der Waals surface area (Å²) in [5.74, 6) is -0.254. The number of halogens is 1. The molecule has 0 saturated heterocycles. The molecule has 3 heteroatoms. The van der Waals surface area contributed by atoms with E-state index in [1.807, 2.05) is 13.8 Å². The lowest BCUT2D eigenvalue weighted by Gasteiger charge is -2.12. The summed E-state index contributed by atoms with van der Waals surface area (Å²) in [6.07, 6.45) is 0.902. The second kappa shape index (κ2) is 3.58. The van der Waals surface area contributed by atoms with Crippen molar-refractivity contribution in [1.82, 2.24) is 0 Å². The first-order valence-electron chi connectivity index (χ1n) is 5.42. The smallest absolute Gasteiger partial charge is 0.338 e. The van der Waals surface area contributed by atoms with Crippen molar-refractivity contribution in [3.05, 3.63) is 35.1 Å². The minimum Gasteiger partial charge on any atom is -0.455 e. The minimum atomic E-state index is -0.366. The van der Waals surface area contributed by atoms with Crippen molar-refractivity contribution in [1.29, 1.82) is 0 Å². The number of ether oxygens (including phenoxy) is 1. The SMILES string of the molecule is Cc1cc(C(=O)O[C@]2(C)C[C@@H]2C)ccc1F. The number of carbonyl (C=O) groups is 1. The van der Waals surface area contributed by atoms with E-state index in [2.05, 4.69) is 0 Å². The quantitative estimate of drug-likeness (QED) is 0.719. The molecule has 1 aromatic carbocycles. The standard InChI is InChI=1S/C13H15FO2/c1-8-6-10(4-5-11(8)14)12(15)16-13(3)7-9(13)2/h4-6,9H,7H2,1-3H3/t9-,13+/m0/s1. The maximum Gasteiger partial charge on any atom is 0.338 e. The van der Waals surface area contributed by atoms with E-state index >= 15 is 0 Å². The first kappa shape index (κ1) is 11.1. The molecule has 1 aliphatic carbocycles. The zero-order valence-corrected chi connectivity index (χ0v) is 9.71. The molecule has 1 aromatic rings. The van der Waals surface area contributed by atoms with Crippen molar-refractivity contribution in [2.45, 2.75) is 32.8 Å². The van der Waals surface area contributed by atoms with Gasteiger partial charge in [0.15, 0.2) is 0 Å². The summed E-state index contributed by atoms with van der Waals surface area (Å²) in [4.78, 5) is 11.8. The van der Waals surface area contributed by atoms with E-state index in [0.29, 0.717) is 17.0 Å². The van der Waals surface area contributed by atoms with Gasteiger partial charge in [-0.1, -0.05) is 6.92 Å². The van der Waals surface area contributed by atoms with Gasteiger partial charge in [-0.2, -0.15) is 0 Å². The lowest BCUT2D eigenvalue weighted by atomic mass is 10.1. The molecule has 1 aliphatic rings.